The van der Waals surface area contributed by atoms with E-state index in [0.717, 1.165) is 11.6 Å². The molecule has 1 aliphatic rings. The number of nitrogens with zero attached hydrogens (tertiary/aromatic N) is 1. The van der Waals surface area contributed by atoms with E-state index in [1.54, 1.807) is 11.8 Å². The molecule has 1 unspecified atom stereocenters. The molecule has 0 saturated heterocycles. The first-order chi connectivity index (χ1) is 7.38. The Balaban J connectivity index is 1.90. The molecule has 5 heteroatoms. The van der Waals surface area contributed by atoms with Crippen molar-refractivity contribution in [3.8, 4) is 0 Å². The SMILES string of the molecule is CSC1=NNC(Cc2ccccc2)NN1. The van der Waals surface area contributed by atoms with Gasteiger partial charge in [0.15, 0.2) is 5.17 Å². The second-order valence-corrected chi connectivity index (χ2v) is 4.06. The highest BCUT2D eigenvalue weighted by atomic mass is 32.2. The van der Waals surface area contributed by atoms with E-state index in [-0.39, 0.29) is 6.17 Å². The van der Waals surface area contributed by atoms with Crippen molar-refractivity contribution in [3.05, 3.63) is 35.9 Å². The average Bonchev–Trinajstić information content (AvgIpc) is 2.31. The molecule has 0 radical (unpaired) electrons. The summed E-state index contributed by atoms with van der Waals surface area (Å²) in [4.78, 5) is 0. The van der Waals surface area contributed by atoms with Crippen LogP contribution in [0.15, 0.2) is 35.4 Å². The van der Waals surface area contributed by atoms with Gasteiger partial charge in [0.1, 0.15) is 6.17 Å². The Morgan fingerprint density at radius 3 is 2.73 bits per heavy atom. The lowest BCUT2D eigenvalue weighted by Gasteiger charge is -2.24. The van der Waals surface area contributed by atoms with Crippen LogP contribution in [-0.2, 0) is 6.42 Å². The van der Waals surface area contributed by atoms with E-state index in [1.807, 2.05) is 24.5 Å². The molecule has 0 aromatic heterocycles. The first-order valence-electron chi connectivity index (χ1n) is 4.81. The zero-order valence-electron chi connectivity index (χ0n) is 8.53. The predicted molar refractivity (Wildman–Crippen MR) is 64.3 cm³/mol. The quantitative estimate of drug-likeness (QED) is 0.695. The number of hydrazine groups is 1. The standard InChI is InChI=1S/C10H14N4S/c1-15-10-13-11-9(12-14-10)7-8-5-3-2-4-6-8/h2-6,9,11-12H,7H2,1H3,(H,13,14). The number of thioether (sulfide) groups is 1. The van der Waals surface area contributed by atoms with Gasteiger partial charge in [0, 0.05) is 6.42 Å². The molecule has 0 spiro atoms. The first-order valence-corrected chi connectivity index (χ1v) is 6.03. The fourth-order valence-electron chi connectivity index (χ4n) is 1.39. The third kappa shape index (κ3) is 2.87. The highest BCUT2D eigenvalue weighted by Crippen LogP contribution is 2.03. The minimum atomic E-state index is 0.142. The van der Waals surface area contributed by atoms with Gasteiger partial charge in [-0.2, -0.15) is 5.10 Å². The molecule has 0 bridgehead atoms. The minimum Gasteiger partial charge on any atom is -0.297 e. The van der Waals surface area contributed by atoms with Gasteiger partial charge in [0.05, 0.1) is 0 Å². The van der Waals surface area contributed by atoms with Crippen LogP contribution in [0.2, 0.25) is 0 Å². The second-order valence-electron chi connectivity index (χ2n) is 3.26. The normalized spacial score (nSPS) is 20.1. The van der Waals surface area contributed by atoms with E-state index in [4.69, 9.17) is 0 Å². The number of hydrogen-bond acceptors (Lipinski definition) is 5. The lowest BCUT2D eigenvalue weighted by molar-refractivity contribution is 0.393. The van der Waals surface area contributed by atoms with Gasteiger partial charge >= 0.3 is 0 Å². The molecule has 1 atom stereocenters. The number of hydrogen-bond donors (Lipinski definition) is 3. The van der Waals surface area contributed by atoms with Crippen molar-refractivity contribution in [2.45, 2.75) is 12.6 Å². The molecule has 1 aromatic rings. The van der Waals surface area contributed by atoms with Gasteiger partial charge in [0.2, 0.25) is 0 Å². The minimum absolute atomic E-state index is 0.142. The molecule has 0 aliphatic carbocycles. The van der Waals surface area contributed by atoms with Crippen molar-refractivity contribution in [2.24, 2.45) is 5.10 Å². The molecule has 0 fully saturated rings. The molecule has 0 amide bonds. The molecule has 15 heavy (non-hydrogen) atoms. The van der Waals surface area contributed by atoms with Crippen molar-refractivity contribution in [1.29, 1.82) is 0 Å². The van der Waals surface area contributed by atoms with E-state index in [2.05, 4.69) is 33.5 Å². The summed E-state index contributed by atoms with van der Waals surface area (Å²) in [5, 5.41) is 5.04. The predicted octanol–water partition coefficient (Wildman–Crippen LogP) is 0.887. The van der Waals surface area contributed by atoms with E-state index in [9.17, 15) is 0 Å². The Morgan fingerprint density at radius 1 is 1.33 bits per heavy atom. The van der Waals surface area contributed by atoms with Gasteiger partial charge < -0.3 is 0 Å². The van der Waals surface area contributed by atoms with Crippen molar-refractivity contribution in [3.63, 3.8) is 0 Å². The summed E-state index contributed by atoms with van der Waals surface area (Å²) in [6, 6.07) is 10.3. The van der Waals surface area contributed by atoms with Crippen LogP contribution < -0.4 is 16.3 Å². The highest BCUT2D eigenvalue weighted by Gasteiger charge is 2.12. The fourth-order valence-corrected chi connectivity index (χ4v) is 1.69. The molecule has 80 valence electrons. The largest absolute Gasteiger partial charge is 0.297 e. The maximum atomic E-state index is 4.18. The summed E-state index contributed by atoms with van der Waals surface area (Å²) >= 11 is 1.57. The van der Waals surface area contributed by atoms with Crippen molar-refractivity contribution < 1.29 is 0 Å². The smallest absolute Gasteiger partial charge is 0.194 e. The first kappa shape index (κ1) is 10.3. The molecule has 4 nitrogen and oxygen atoms in total. The Hall–Kier alpha value is -1.20. The van der Waals surface area contributed by atoms with Crippen LogP contribution in [0.4, 0.5) is 0 Å². The topological polar surface area (TPSA) is 48.5 Å². The summed E-state index contributed by atoms with van der Waals surface area (Å²) < 4.78 is 0. The van der Waals surface area contributed by atoms with Gasteiger partial charge in [-0.3, -0.25) is 10.9 Å². The van der Waals surface area contributed by atoms with Gasteiger partial charge in [0.25, 0.3) is 0 Å². The van der Waals surface area contributed by atoms with Crippen LogP contribution in [0.5, 0.6) is 0 Å². The maximum Gasteiger partial charge on any atom is 0.194 e. The molecule has 3 N–H and O–H groups in total. The molecule has 1 aliphatic heterocycles. The molecule has 1 heterocycles. The average molecular weight is 222 g/mol. The number of benzene rings is 1. The third-order valence-electron chi connectivity index (χ3n) is 2.15. The van der Waals surface area contributed by atoms with Crippen molar-refractivity contribution in [2.75, 3.05) is 6.26 Å². The van der Waals surface area contributed by atoms with Crippen molar-refractivity contribution >= 4 is 16.9 Å². The number of nitrogens with one attached hydrogen (secondary N) is 3. The Kier molecular flexibility index (Phi) is 3.47. The summed E-state index contributed by atoms with van der Waals surface area (Å²) in [7, 11) is 0. The van der Waals surface area contributed by atoms with Crippen LogP contribution in [0.1, 0.15) is 5.56 Å². The monoisotopic (exact) mass is 222 g/mol. The van der Waals surface area contributed by atoms with Gasteiger partial charge in [-0.25, -0.2) is 5.43 Å². The van der Waals surface area contributed by atoms with Gasteiger partial charge in [-0.15, -0.1) is 0 Å². The maximum absolute atomic E-state index is 4.18. The molecule has 2 rings (SSSR count). The summed E-state index contributed by atoms with van der Waals surface area (Å²) in [6.07, 6.45) is 3.02. The van der Waals surface area contributed by atoms with Crippen molar-refractivity contribution in [1.82, 2.24) is 16.3 Å². The number of rotatable bonds is 2. The second kappa shape index (κ2) is 5.04. The van der Waals surface area contributed by atoms with Gasteiger partial charge in [-0.05, 0) is 11.8 Å². The van der Waals surface area contributed by atoms with E-state index >= 15 is 0 Å². The summed E-state index contributed by atoms with van der Waals surface area (Å²) in [6.45, 7) is 0. The molecular weight excluding hydrogens is 208 g/mol. The Morgan fingerprint density at radius 2 is 2.13 bits per heavy atom. The molecule has 1 aromatic carbocycles. The Bertz CT molecular complexity index is 339. The van der Waals surface area contributed by atoms with Crippen LogP contribution >= 0.6 is 11.8 Å². The Labute approximate surface area is 93.5 Å². The van der Waals surface area contributed by atoms with Crippen LogP contribution in [0.25, 0.3) is 0 Å². The highest BCUT2D eigenvalue weighted by molar-refractivity contribution is 8.13. The van der Waals surface area contributed by atoms with Crippen LogP contribution in [0.3, 0.4) is 0 Å². The van der Waals surface area contributed by atoms with Crippen LogP contribution in [-0.4, -0.2) is 17.6 Å². The summed E-state index contributed by atoms with van der Waals surface area (Å²) in [5.74, 6) is 0. The lowest BCUT2D eigenvalue weighted by Crippen LogP contribution is -2.55. The van der Waals surface area contributed by atoms with E-state index in [0.29, 0.717) is 0 Å². The zero-order valence-corrected chi connectivity index (χ0v) is 9.34. The molecular formula is C10H14N4S. The molecule has 0 saturated carbocycles. The zero-order chi connectivity index (χ0) is 10.5. The third-order valence-corrected chi connectivity index (χ3v) is 2.73. The van der Waals surface area contributed by atoms with E-state index < -0.39 is 0 Å². The number of amidine groups is 1. The van der Waals surface area contributed by atoms with E-state index in [1.165, 1.54) is 5.56 Å². The van der Waals surface area contributed by atoms with Gasteiger partial charge in [-0.1, -0.05) is 42.1 Å². The number of hydrazone groups is 1. The lowest BCUT2D eigenvalue weighted by atomic mass is 10.1. The summed E-state index contributed by atoms with van der Waals surface area (Å²) in [5.41, 5.74) is 10.5. The van der Waals surface area contributed by atoms with Crippen LogP contribution in [0, 0.1) is 0 Å². The fraction of sp³-hybridized carbons (Fsp3) is 0.300.